The van der Waals surface area contributed by atoms with Crippen LogP contribution in [0.25, 0.3) is 0 Å². The van der Waals surface area contributed by atoms with Crippen LogP contribution in [0.5, 0.6) is 0 Å². The van der Waals surface area contributed by atoms with Gasteiger partial charge in [-0.25, -0.2) is 4.57 Å². The molecule has 0 aromatic rings. The fourth-order valence-electron chi connectivity index (χ4n) is 4.74. The quantitative estimate of drug-likeness (QED) is 0.0469. The molecule has 8 heteroatoms. The van der Waals surface area contributed by atoms with Gasteiger partial charge in [-0.2, -0.15) is 0 Å². The molecule has 0 aromatic heterocycles. The summed E-state index contributed by atoms with van der Waals surface area (Å²) >= 11 is 0. The third kappa shape index (κ3) is 22.9. The third-order valence-corrected chi connectivity index (χ3v) is 7.43. The van der Waals surface area contributed by atoms with Crippen molar-refractivity contribution < 1.29 is 34.2 Å². The fraction of sp³-hybridized carbons (Fsp3) is 1.00. The molecule has 0 saturated carbocycles. The lowest BCUT2D eigenvalue weighted by molar-refractivity contribution is -0.153. The Balaban J connectivity index is 4.36. The van der Waals surface area contributed by atoms with Crippen LogP contribution in [0.1, 0.15) is 149 Å². The van der Waals surface area contributed by atoms with Crippen molar-refractivity contribution in [3.63, 3.8) is 0 Å². The predicted molar refractivity (Wildman–Crippen MR) is 143 cm³/mol. The number of hydrogen-bond donors (Lipinski definition) is 5. The summed E-state index contributed by atoms with van der Waals surface area (Å²) in [4.78, 5) is 17.7. The summed E-state index contributed by atoms with van der Waals surface area (Å²) in [6, 6.07) is 0. The minimum absolute atomic E-state index is 0.205. The Hall–Kier alpha value is -0.0100. The van der Waals surface area contributed by atoms with E-state index in [1.54, 1.807) is 0 Å². The van der Waals surface area contributed by atoms with Gasteiger partial charge in [0.25, 0.3) is 0 Å². The highest BCUT2D eigenvalue weighted by molar-refractivity contribution is 7.46. The van der Waals surface area contributed by atoms with Gasteiger partial charge in [0, 0.05) is 0 Å². The topological polar surface area (TPSA) is 127 Å². The Morgan fingerprint density at radius 3 is 1.29 bits per heavy atom. The molecule has 0 saturated heterocycles. The smallest absolute Gasteiger partial charge is 0.390 e. The highest BCUT2D eigenvalue weighted by Crippen LogP contribution is 2.38. The molecule has 0 bridgehead atoms. The molecule has 0 aromatic carbocycles. The molecule has 212 valence electrons. The lowest BCUT2D eigenvalue weighted by atomic mass is 9.88. The lowest BCUT2D eigenvalue weighted by Crippen LogP contribution is -2.39. The van der Waals surface area contributed by atoms with Crippen LogP contribution in [0, 0.1) is 5.92 Å². The maximum Gasteiger partial charge on any atom is 0.472 e. The summed E-state index contributed by atoms with van der Waals surface area (Å²) in [5, 5.41) is 30.2. The second-order valence-corrected chi connectivity index (χ2v) is 11.6. The fourth-order valence-corrected chi connectivity index (χ4v) is 5.15. The van der Waals surface area contributed by atoms with Gasteiger partial charge in [-0.1, -0.05) is 142 Å². The van der Waals surface area contributed by atoms with E-state index in [1.165, 1.54) is 89.9 Å². The number of hydrogen-bond acceptors (Lipinski definition) is 5. The SMILES string of the molecule is CCCCCCCCCCCCC(CCCCCCCCCC)CC(O)C(O)C(O)OP(=O)(O)O. The average Bonchev–Trinajstić information content (AvgIpc) is 2.80. The van der Waals surface area contributed by atoms with Gasteiger partial charge in [-0.3, -0.25) is 4.52 Å². The Kier molecular flexibility index (Phi) is 23.1. The number of phosphoric ester groups is 1. The summed E-state index contributed by atoms with van der Waals surface area (Å²) in [5.74, 6) is 0.205. The summed E-state index contributed by atoms with van der Waals surface area (Å²) in [5.41, 5.74) is 0. The molecule has 7 nitrogen and oxygen atoms in total. The second kappa shape index (κ2) is 23.1. The molecule has 0 rings (SSSR count). The third-order valence-electron chi connectivity index (χ3n) is 6.94. The van der Waals surface area contributed by atoms with E-state index in [-0.39, 0.29) is 12.3 Å². The first-order valence-electron chi connectivity index (χ1n) is 14.5. The van der Waals surface area contributed by atoms with E-state index in [9.17, 15) is 19.9 Å². The minimum atomic E-state index is -4.95. The van der Waals surface area contributed by atoms with E-state index in [0.29, 0.717) is 0 Å². The Morgan fingerprint density at radius 1 is 0.600 bits per heavy atom. The largest absolute Gasteiger partial charge is 0.472 e. The van der Waals surface area contributed by atoms with Gasteiger partial charge < -0.3 is 25.1 Å². The van der Waals surface area contributed by atoms with E-state index >= 15 is 0 Å². The van der Waals surface area contributed by atoms with Crippen LogP contribution in [0.2, 0.25) is 0 Å². The number of rotatable bonds is 26. The summed E-state index contributed by atoms with van der Waals surface area (Å²) in [6.45, 7) is 4.46. The zero-order valence-electron chi connectivity index (χ0n) is 22.7. The summed E-state index contributed by atoms with van der Waals surface area (Å²) in [6.07, 6.45) is 19.5. The summed E-state index contributed by atoms with van der Waals surface area (Å²) < 4.78 is 15.0. The van der Waals surface area contributed by atoms with Crippen molar-refractivity contribution in [2.45, 2.75) is 167 Å². The van der Waals surface area contributed by atoms with E-state index in [0.717, 1.165) is 38.5 Å². The van der Waals surface area contributed by atoms with Crippen LogP contribution < -0.4 is 0 Å². The maximum absolute atomic E-state index is 10.9. The molecule has 0 amide bonds. The van der Waals surface area contributed by atoms with Crippen molar-refractivity contribution in [1.82, 2.24) is 0 Å². The number of phosphoric acid groups is 1. The van der Waals surface area contributed by atoms with Crippen LogP contribution in [0.15, 0.2) is 0 Å². The zero-order chi connectivity index (χ0) is 26.4. The predicted octanol–water partition coefficient (Wildman–Crippen LogP) is 6.98. The molecule has 4 atom stereocenters. The van der Waals surface area contributed by atoms with Crippen molar-refractivity contribution >= 4 is 7.82 Å². The van der Waals surface area contributed by atoms with Crippen LogP contribution in [0.3, 0.4) is 0 Å². The van der Waals surface area contributed by atoms with Crippen LogP contribution in [0.4, 0.5) is 0 Å². The van der Waals surface area contributed by atoms with Crippen molar-refractivity contribution in [3.8, 4) is 0 Å². The molecule has 0 aliphatic rings. The van der Waals surface area contributed by atoms with Crippen molar-refractivity contribution in [1.29, 1.82) is 0 Å². The van der Waals surface area contributed by atoms with Crippen molar-refractivity contribution in [3.05, 3.63) is 0 Å². The molecular weight excluding hydrogens is 467 g/mol. The van der Waals surface area contributed by atoms with Crippen LogP contribution in [-0.4, -0.2) is 43.6 Å². The van der Waals surface area contributed by atoms with Gasteiger partial charge in [0.1, 0.15) is 6.10 Å². The number of aliphatic hydroxyl groups is 3. The molecular formula is C27H57O7P. The molecule has 35 heavy (non-hydrogen) atoms. The molecule has 5 N–H and O–H groups in total. The number of aliphatic hydroxyl groups excluding tert-OH is 3. The highest BCUT2D eigenvalue weighted by Gasteiger charge is 2.32. The van der Waals surface area contributed by atoms with Crippen molar-refractivity contribution in [2.24, 2.45) is 5.92 Å². The molecule has 0 spiro atoms. The van der Waals surface area contributed by atoms with Gasteiger partial charge >= 0.3 is 7.82 Å². The first-order valence-corrected chi connectivity index (χ1v) is 16.0. The Labute approximate surface area is 215 Å². The molecule has 4 unspecified atom stereocenters. The maximum atomic E-state index is 10.9. The lowest BCUT2D eigenvalue weighted by Gasteiger charge is -2.26. The number of unbranched alkanes of at least 4 members (excludes halogenated alkanes) is 16. The van der Waals surface area contributed by atoms with Gasteiger partial charge in [0.2, 0.25) is 0 Å². The zero-order valence-corrected chi connectivity index (χ0v) is 23.6. The normalized spacial score (nSPS) is 15.7. The van der Waals surface area contributed by atoms with Crippen LogP contribution in [-0.2, 0) is 9.09 Å². The molecule has 0 radical (unpaired) electrons. The standard InChI is InChI=1S/C27H57O7P/c1-3-5-7-9-11-13-14-16-18-20-22-24(21-19-17-15-12-10-8-6-4-2)23-25(28)26(29)27(30)34-35(31,32)33/h24-30H,3-23H2,1-2H3,(H2,31,32,33). The van der Waals surface area contributed by atoms with Crippen molar-refractivity contribution in [2.75, 3.05) is 0 Å². The summed E-state index contributed by atoms with van der Waals surface area (Å²) in [7, 11) is -4.95. The average molecular weight is 525 g/mol. The highest BCUT2D eigenvalue weighted by atomic mass is 31.2. The minimum Gasteiger partial charge on any atom is -0.390 e. The first kappa shape index (κ1) is 35.0. The molecule has 0 heterocycles. The molecule has 0 aliphatic carbocycles. The van der Waals surface area contributed by atoms with E-state index in [2.05, 4.69) is 18.4 Å². The molecule has 0 fully saturated rings. The van der Waals surface area contributed by atoms with Gasteiger partial charge in [-0.05, 0) is 12.3 Å². The van der Waals surface area contributed by atoms with Gasteiger partial charge in [0.15, 0.2) is 6.29 Å². The van der Waals surface area contributed by atoms with Gasteiger partial charge in [0.05, 0.1) is 6.10 Å². The van der Waals surface area contributed by atoms with E-state index in [1.807, 2.05) is 0 Å². The van der Waals surface area contributed by atoms with E-state index < -0.39 is 26.3 Å². The van der Waals surface area contributed by atoms with Gasteiger partial charge in [-0.15, -0.1) is 0 Å². The monoisotopic (exact) mass is 524 g/mol. The Morgan fingerprint density at radius 2 is 0.943 bits per heavy atom. The molecule has 0 aliphatic heterocycles. The second-order valence-electron chi connectivity index (χ2n) is 10.4. The first-order chi connectivity index (χ1) is 16.7. The Bertz CT molecular complexity index is 500. The van der Waals surface area contributed by atoms with E-state index in [4.69, 9.17) is 9.79 Å². The van der Waals surface area contributed by atoms with Crippen LogP contribution >= 0.6 is 7.82 Å².